The summed E-state index contributed by atoms with van der Waals surface area (Å²) in [6.07, 6.45) is 0. The number of benzene rings is 2. The van der Waals surface area contributed by atoms with Crippen molar-refractivity contribution >= 4 is 42.7 Å². The molecular weight excluding hydrogens is 477 g/mol. The number of hydrogen-bond acceptors (Lipinski definition) is 10. The Morgan fingerprint density at radius 3 is 2.42 bits per heavy atom. The Morgan fingerprint density at radius 2 is 1.88 bits per heavy atom. The topological polar surface area (TPSA) is 237 Å². The Labute approximate surface area is 187 Å². The summed E-state index contributed by atoms with van der Waals surface area (Å²) < 4.78 is 66.2. The van der Waals surface area contributed by atoms with Crippen molar-refractivity contribution in [2.75, 3.05) is 18.8 Å². The number of fused-ring (bicyclic) bond motifs is 1. The molecule has 4 rings (SSSR count). The first-order valence-electron chi connectivity index (χ1n) is 9.33. The van der Waals surface area contributed by atoms with E-state index in [1.165, 1.54) is 6.07 Å². The van der Waals surface area contributed by atoms with Gasteiger partial charge in [0.05, 0.1) is 21.2 Å². The fourth-order valence-electron chi connectivity index (χ4n) is 3.67. The molecule has 1 aliphatic heterocycles. The molecule has 1 saturated heterocycles. The molecule has 11 N–H and O–H groups in total. The van der Waals surface area contributed by atoms with Gasteiger partial charge in [-0.2, -0.15) is 5.10 Å². The number of hydrazine groups is 1. The Hall–Kier alpha value is -3.31. The van der Waals surface area contributed by atoms with Crippen molar-refractivity contribution in [1.82, 2.24) is 20.7 Å². The lowest BCUT2D eigenvalue weighted by Gasteiger charge is -2.28. The maximum atomic E-state index is 14.4. The van der Waals surface area contributed by atoms with Gasteiger partial charge in [0.1, 0.15) is 10.7 Å². The van der Waals surface area contributed by atoms with Gasteiger partial charge in [0.25, 0.3) is 0 Å². The van der Waals surface area contributed by atoms with Gasteiger partial charge in [-0.3, -0.25) is 0 Å². The van der Waals surface area contributed by atoms with E-state index in [0.717, 1.165) is 18.2 Å². The second-order valence-electron chi connectivity index (χ2n) is 7.28. The number of nitrogen functional groups attached to an aromatic ring is 1. The van der Waals surface area contributed by atoms with Gasteiger partial charge in [0, 0.05) is 24.2 Å². The lowest BCUT2D eigenvalue weighted by atomic mass is 9.97. The second kappa shape index (κ2) is 7.92. The number of aromatic nitrogens is 2. The van der Waals surface area contributed by atoms with Crippen LogP contribution < -0.4 is 33.3 Å². The highest BCUT2D eigenvalue weighted by molar-refractivity contribution is 7.94. The van der Waals surface area contributed by atoms with Crippen molar-refractivity contribution in [3.63, 3.8) is 0 Å². The lowest BCUT2D eigenvalue weighted by Crippen LogP contribution is -2.51. The molecule has 176 valence electrons. The van der Waals surface area contributed by atoms with Gasteiger partial charge in [-0.25, -0.2) is 37.2 Å². The van der Waals surface area contributed by atoms with Gasteiger partial charge < -0.3 is 27.3 Å². The number of rotatable bonds is 5. The van der Waals surface area contributed by atoms with Gasteiger partial charge in [0.15, 0.2) is 21.6 Å². The number of amidine groups is 1. The highest BCUT2D eigenvalue weighted by Crippen LogP contribution is 2.38. The summed E-state index contributed by atoms with van der Waals surface area (Å²) in [4.78, 5) is 5.47. The van der Waals surface area contributed by atoms with Crippen LogP contribution in [0, 0.1) is 5.82 Å². The Morgan fingerprint density at radius 1 is 1.18 bits per heavy atom. The Bertz CT molecular complexity index is 1510. The van der Waals surface area contributed by atoms with Crippen LogP contribution in [0.1, 0.15) is 5.56 Å². The Kier molecular flexibility index (Phi) is 5.49. The monoisotopic (exact) mass is 497 g/mol. The zero-order valence-electron chi connectivity index (χ0n) is 16.8. The number of hydrazone groups is 1. The molecule has 3 aromatic rings. The van der Waals surface area contributed by atoms with Crippen LogP contribution in [0.2, 0.25) is 0 Å². The zero-order chi connectivity index (χ0) is 24.1. The van der Waals surface area contributed by atoms with Crippen molar-refractivity contribution in [1.29, 1.82) is 0 Å². The van der Waals surface area contributed by atoms with E-state index in [-0.39, 0.29) is 46.8 Å². The summed E-state index contributed by atoms with van der Waals surface area (Å²) in [6.45, 7) is 0.265. The number of H-pyrrole nitrogens is 1. The normalized spacial score (nSPS) is 15.5. The largest absolute Gasteiger partial charge is 0.369 e. The highest BCUT2D eigenvalue weighted by Gasteiger charge is 2.38. The number of nitrogens with one attached hydrogen (secondary N) is 3. The molecule has 1 aromatic heterocycles. The van der Waals surface area contributed by atoms with Crippen LogP contribution >= 0.6 is 0 Å². The van der Waals surface area contributed by atoms with Crippen molar-refractivity contribution in [3.05, 3.63) is 35.6 Å². The fraction of sp³-hybridized carbons (Fsp3) is 0.176. The quantitative estimate of drug-likeness (QED) is 0.0924. The number of sulfone groups is 1. The maximum Gasteiger partial charge on any atom is 0.240 e. The smallest absolute Gasteiger partial charge is 0.240 e. The standard InChI is InChI=1S/C17H20FN9O4S2/c18-7-3-10(14-11(4-7)24-17(19)25-14)9-1-2-12(32(28,29)8-5-23-6-8)15(33(22,30)31)13(9)16(26-20)27-21/h1-4,8,23H,5-6,20-21H2,(H,26,27)(H3,19,24,25)(H2,22,30,31). The van der Waals surface area contributed by atoms with E-state index in [0.29, 0.717) is 0 Å². The zero-order valence-corrected chi connectivity index (χ0v) is 18.5. The maximum absolute atomic E-state index is 14.4. The van der Waals surface area contributed by atoms with E-state index in [4.69, 9.17) is 22.6 Å². The summed E-state index contributed by atoms with van der Waals surface area (Å²) in [7, 11) is -8.83. The summed E-state index contributed by atoms with van der Waals surface area (Å²) in [5, 5.41) is 10.9. The van der Waals surface area contributed by atoms with Gasteiger partial charge in [-0.1, -0.05) is 6.07 Å². The highest BCUT2D eigenvalue weighted by atomic mass is 32.2. The van der Waals surface area contributed by atoms with E-state index >= 15 is 0 Å². The first-order valence-corrected chi connectivity index (χ1v) is 12.4. The SMILES string of the molecule is N/N=C(\NN)c1c(-c2cc(F)cc3[nH]c(N)nc23)ccc(S(=O)(=O)C2CNC2)c1S(N)(=O)=O. The van der Waals surface area contributed by atoms with Gasteiger partial charge in [-0.05, 0) is 23.8 Å². The fourth-order valence-corrected chi connectivity index (χ4v) is 6.86. The van der Waals surface area contributed by atoms with Crippen LogP contribution in [0.15, 0.2) is 39.2 Å². The van der Waals surface area contributed by atoms with Crippen LogP contribution in [0.4, 0.5) is 10.3 Å². The van der Waals surface area contributed by atoms with Crippen molar-refractivity contribution < 1.29 is 21.2 Å². The van der Waals surface area contributed by atoms with E-state index in [2.05, 4.69) is 25.8 Å². The molecule has 0 amide bonds. The van der Waals surface area contributed by atoms with Gasteiger partial charge >= 0.3 is 0 Å². The van der Waals surface area contributed by atoms with E-state index in [9.17, 15) is 21.2 Å². The third-order valence-electron chi connectivity index (χ3n) is 5.26. The molecule has 0 atom stereocenters. The minimum atomic E-state index is -4.70. The molecule has 1 fully saturated rings. The van der Waals surface area contributed by atoms with E-state index < -0.39 is 46.6 Å². The van der Waals surface area contributed by atoms with Gasteiger partial charge in [-0.15, -0.1) is 0 Å². The van der Waals surface area contributed by atoms with Crippen molar-refractivity contribution in [2.24, 2.45) is 21.9 Å². The molecule has 2 heterocycles. The molecule has 2 aromatic carbocycles. The second-order valence-corrected chi connectivity index (χ2v) is 11.0. The Balaban J connectivity index is 2.17. The van der Waals surface area contributed by atoms with Crippen LogP contribution in [-0.2, 0) is 19.9 Å². The van der Waals surface area contributed by atoms with E-state index in [1.807, 2.05) is 0 Å². The predicted molar refractivity (Wildman–Crippen MR) is 119 cm³/mol. The number of sulfonamides is 1. The number of hydrogen-bond donors (Lipinski definition) is 7. The van der Waals surface area contributed by atoms with Gasteiger partial charge in [0.2, 0.25) is 10.0 Å². The number of primary sulfonamides is 1. The molecule has 0 saturated carbocycles. The number of nitrogens with two attached hydrogens (primary N) is 4. The van der Waals surface area contributed by atoms with E-state index in [1.54, 1.807) is 0 Å². The van der Waals surface area contributed by atoms with Crippen molar-refractivity contribution in [2.45, 2.75) is 15.0 Å². The lowest BCUT2D eigenvalue weighted by molar-refractivity contribution is 0.493. The summed E-state index contributed by atoms with van der Waals surface area (Å²) in [5.41, 5.74) is 7.97. The van der Waals surface area contributed by atoms with Crippen LogP contribution in [0.25, 0.3) is 22.2 Å². The number of anilines is 1. The molecule has 0 unspecified atom stereocenters. The molecule has 0 aliphatic carbocycles. The average molecular weight is 498 g/mol. The van der Waals surface area contributed by atoms with Crippen LogP contribution in [-0.4, -0.2) is 51.0 Å². The molecule has 16 heteroatoms. The van der Waals surface area contributed by atoms with Crippen LogP contribution in [0.5, 0.6) is 0 Å². The first-order chi connectivity index (χ1) is 15.5. The number of halogens is 1. The number of nitrogens with zero attached hydrogens (tertiary/aromatic N) is 2. The molecule has 0 bridgehead atoms. The third kappa shape index (κ3) is 3.76. The molecule has 0 spiro atoms. The summed E-state index contributed by atoms with van der Waals surface area (Å²) in [5.74, 6) is 9.79. The first kappa shape index (κ1) is 22.9. The number of imidazole rings is 1. The summed E-state index contributed by atoms with van der Waals surface area (Å²) in [6, 6.07) is 4.58. The molecule has 13 nitrogen and oxygen atoms in total. The minimum Gasteiger partial charge on any atom is -0.369 e. The molecule has 0 radical (unpaired) electrons. The van der Waals surface area contributed by atoms with Crippen LogP contribution in [0.3, 0.4) is 0 Å². The number of aromatic amines is 1. The predicted octanol–water partition coefficient (Wildman–Crippen LogP) is -1.57. The third-order valence-corrected chi connectivity index (χ3v) is 8.54. The molecular formula is C17H20FN9O4S2. The van der Waals surface area contributed by atoms with Crippen molar-refractivity contribution in [3.8, 4) is 11.1 Å². The average Bonchev–Trinajstić information content (AvgIpc) is 3.05. The molecule has 1 aliphatic rings. The minimum absolute atomic E-state index is 0.00265. The molecule has 33 heavy (non-hydrogen) atoms. The summed E-state index contributed by atoms with van der Waals surface area (Å²) >= 11 is 0.